The number of thiol groups is 1. The van der Waals surface area contributed by atoms with Gasteiger partial charge in [-0.1, -0.05) is 22.9 Å². The molecule has 2 atom stereocenters. The Bertz CT molecular complexity index is 491. The van der Waals surface area contributed by atoms with Gasteiger partial charge >= 0.3 is 0 Å². The second-order valence-electron chi connectivity index (χ2n) is 3.84. The maximum Gasteiger partial charge on any atom is 0.174 e. The lowest BCUT2D eigenvalue weighted by Crippen LogP contribution is -2.11. The molecule has 94 valence electrons. The third-order valence-corrected chi connectivity index (χ3v) is 3.41. The zero-order chi connectivity index (χ0) is 13.5. The van der Waals surface area contributed by atoms with Gasteiger partial charge < -0.3 is 4.74 Å². The third kappa shape index (κ3) is 3.94. The summed E-state index contributed by atoms with van der Waals surface area (Å²) in [5, 5.41) is 17.5. The largest absolute Gasteiger partial charge is 0.478 e. The minimum absolute atomic E-state index is 0.00510. The van der Waals surface area contributed by atoms with Crippen LogP contribution in [0.4, 0.5) is 0 Å². The summed E-state index contributed by atoms with van der Waals surface area (Å²) in [7, 11) is 0. The van der Waals surface area contributed by atoms with Crippen molar-refractivity contribution in [3.05, 3.63) is 28.2 Å². The molecule has 0 heterocycles. The van der Waals surface area contributed by atoms with E-state index in [-0.39, 0.29) is 17.8 Å². The zero-order valence-electron chi connectivity index (χ0n) is 9.93. The molecule has 0 radical (unpaired) electrons. The predicted molar refractivity (Wildman–Crippen MR) is 76.7 cm³/mol. The number of halogens is 1. The van der Waals surface area contributed by atoms with E-state index in [1.165, 1.54) is 0 Å². The second-order valence-corrected chi connectivity index (χ2v) is 5.57. The molecule has 0 fully saturated rings. The Morgan fingerprint density at radius 1 is 1.39 bits per heavy atom. The van der Waals surface area contributed by atoms with Crippen molar-refractivity contribution >= 4 is 28.6 Å². The van der Waals surface area contributed by atoms with Crippen LogP contribution in [0.1, 0.15) is 24.8 Å². The molecule has 0 aliphatic rings. The van der Waals surface area contributed by atoms with Crippen LogP contribution in [0.25, 0.3) is 0 Å². The van der Waals surface area contributed by atoms with E-state index in [9.17, 15) is 0 Å². The van der Waals surface area contributed by atoms with Crippen molar-refractivity contribution in [1.29, 1.82) is 10.5 Å². The van der Waals surface area contributed by atoms with Crippen LogP contribution in [0.15, 0.2) is 22.7 Å². The first-order valence-corrected chi connectivity index (χ1v) is 6.75. The first-order valence-electron chi connectivity index (χ1n) is 5.44. The minimum Gasteiger partial charge on any atom is -0.478 e. The Labute approximate surface area is 121 Å². The van der Waals surface area contributed by atoms with E-state index in [4.69, 9.17) is 15.3 Å². The minimum atomic E-state index is -0.0236. The van der Waals surface area contributed by atoms with Gasteiger partial charge in [0.25, 0.3) is 0 Å². The van der Waals surface area contributed by atoms with Gasteiger partial charge in [0.05, 0.1) is 6.07 Å². The van der Waals surface area contributed by atoms with Gasteiger partial charge in [0.2, 0.25) is 0 Å². The number of benzene rings is 1. The van der Waals surface area contributed by atoms with Gasteiger partial charge in [0, 0.05) is 27.6 Å². The smallest absolute Gasteiger partial charge is 0.174 e. The fourth-order valence-electron chi connectivity index (χ4n) is 1.69. The quantitative estimate of drug-likeness (QED) is 0.841. The number of nitrogens with zero attached hydrogens (tertiary/aromatic N) is 2. The van der Waals surface area contributed by atoms with E-state index < -0.39 is 0 Å². The van der Waals surface area contributed by atoms with Crippen molar-refractivity contribution in [3.63, 3.8) is 0 Å². The standard InChI is InChI=1S/C13H13BrN2OS/c1-9(18)11(4-5-15)12-8-10(14)2-3-13(12)17-7-6-16/h2-3,8-9,11,18H,4,7H2,1H3. The van der Waals surface area contributed by atoms with Gasteiger partial charge in [0.1, 0.15) is 11.8 Å². The van der Waals surface area contributed by atoms with E-state index >= 15 is 0 Å². The van der Waals surface area contributed by atoms with Crippen LogP contribution in [-0.2, 0) is 0 Å². The summed E-state index contributed by atoms with van der Waals surface area (Å²) >= 11 is 7.83. The summed E-state index contributed by atoms with van der Waals surface area (Å²) in [4.78, 5) is 0. The molecule has 0 spiro atoms. The Hall–Kier alpha value is -1.17. The molecule has 1 rings (SSSR count). The first-order chi connectivity index (χ1) is 8.60. The Morgan fingerprint density at radius 3 is 2.67 bits per heavy atom. The highest BCUT2D eigenvalue weighted by Gasteiger charge is 2.20. The van der Waals surface area contributed by atoms with Crippen LogP contribution in [-0.4, -0.2) is 11.9 Å². The summed E-state index contributed by atoms with van der Waals surface area (Å²) in [5.41, 5.74) is 0.906. The molecule has 0 bridgehead atoms. The maximum absolute atomic E-state index is 8.89. The highest BCUT2D eigenvalue weighted by molar-refractivity contribution is 9.10. The van der Waals surface area contributed by atoms with Crippen molar-refractivity contribution in [2.75, 3.05) is 6.61 Å². The molecular weight excluding hydrogens is 312 g/mol. The van der Waals surface area contributed by atoms with Crippen LogP contribution in [0, 0.1) is 22.7 Å². The zero-order valence-corrected chi connectivity index (χ0v) is 12.4. The van der Waals surface area contributed by atoms with Crippen LogP contribution < -0.4 is 4.74 Å². The second kappa shape index (κ2) is 7.31. The number of nitriles is 2. The van der Waals surface area contributed by atoms with Crippen LogP contribution >= 0.6 is 28.6 Å². The van der Waals surface area contributed by atoms with Crippen LogP contribution in [0.5, 0.6) is 5.75 Å². The van der Waals surface area contributed by atoms with E-state index in [1.54, 1.807) is 6.07 Å². The number of hydrogen-bond acceptors (Lipinski definition) is 4. The van der Waals surface area contributed by atoms with Gasteiger partial charge in [-0.25, -0.2) is 0 Å². The summed E-state index contributed by atoms with van der Waals surface area (Å²) in [5.74, 6) is 0.616. The molecule has 3 nitrogen and oxygen atoms in total. The van der Waals surface area contributed by atoms with Crippen LogP contribution in [0.3, 0.4) is 0 Å². The lowest BCUT2D eigenvalue weighted by molar-refractivity contribution is 0.360. The van der Waals surface area contributed by atoms with Gasteiger partial charge in [-0.05, 0) is 18.2 Å². The maximum atomic E-state index is 8.89. The fourth-order valence-corrected chi connectivity index (χ4v) is 2.33. The van der Waals surface area contributed by atoms with Crippen molar-refractivity contribution in [2.45, 2.75) is 24.5 Å². The molecule has 0 saturated heterocycles. The van der Waals surface area contributed by atoms with E-state index in [2.05, 4.69) is 34.6 Å². The van der Waals surface area contributed by atoms with Crippen molar-refractivity contribution in [1.82, 2.24) is 0 Å². The Kier molecular flexibility index (Phi) is 6.04. The molecule has 0 aromatic heterocycles. The average molecular weight is 325 g/mol. The molecule has 1 aromatic rings. The number of ether oxygens (including phenoxy) is 1. The van der Waals surface area contributed by atoms with Crippen molar-refractivity contribution in [3.8, 4) is 17.9 Å². The Balaban J connectivity index is 3.14. The number of rotatable bonds is 5. The normalized spacial score (nSPS) is 13.2. The highest BCUT2D eigenvalue weighted by Crippen LogP contribution is 2.35. The molecule has 1 aromatic carbocycles. The molecule has 5 heteroatoms. The van der Waals surface area contributed by atoms with Gasteiger partial charge in [-0.2, -0.15) is 23.2 Å². The van der Waals surface area contributed by atoms with Gasteiger partial charge in [-0.15, -0.1) is 0 Å². The topological polar surface area (TPSA) is 56.8 Å². The molecule has 2 unspecified atom stereocenters. The lowest BCUT2D eigenvalue weighted by atomic mass is 9.92. The molecule has 0 aliphatic carbocycles. The monoisotopic (exact) mass is 324 g/mol. The SMILES string of the molecule is CC(S)C(CC#N)c1cc(Br)ccc1OCC#N. The summed E-state index contributed by atoms with van der Waals surface area (Å²) in [6.45, 7) is 1.94. The summed E-state index contributed by atoms with van der Waals surface area (Å²) in [6, 6.07) is 9.68. The highest BCUT2D eigenvalue weighted by atomic mass is 79.9. The molecule has 0 N–H and O–H groups in total. The van der Waals surface area contributed by atoms with E-state index in [1.807, 2.05) is 25.1 Å². The first kappa shape index (κ1) is 14.9. The van der Waals surface area contributed by atoms with Crippen molar-refractivity contribution < 1.29 is 4.74 Å². The molecule has 0 aliphatic heterocycles. The molecular formula is C13H13BrN2OS. The Morgan fingerprint density at radius 2 is 2.11 bits per heavy atom. The predicted octanol–water partition coefficient (Wildman–Crippen LogP) is 3.67. The van der Waals surface area contributed by atoms with E-state index in [0.29, 0.717) is 12.2 Å². The fraction of sp³-hybridized carbons (Fsp3) is 0.385. The third-order valence-electron chi connectivity index (χ3n) is 2.56. The van der Waals surface area contributed by atoms with Crippen molar-refractivity contribution in [2.24, 2.45) is 0 Å². The molecule has 0 saturated carbocycles. The summed E-state index contributed by atoms with van der Waals surface area (Å²) < 4.78 is 6.31. The van der Waals surface area contributed by atoms with Gasteiger partial charge in [-0.3, -0.25) is 0 Å². The number of hydrogen-bond donors (Lipinski definition) is 1. The molecule has 0 amide bonds. The molecule has 18 heavy (non-hydrogen) atoms. The lowest BCUT2D eigenvalue weighted by Gasteiger charge is -2.20. The van der Waals surface area contributed by atoms with Gasteiger partial charge in [0.15, 0.2) is 6.61 Å². The van der Waals surface area contributed by atoms with E-state index in [0.717, 1.165) is 10.0 Å². The average Bonchev–Trinajstić information content (AvgIpc) is 2.34. The van der Waals surface area contributed by atoms with Crippen LogP contribution in [0.2, 0.25) is 0 Å². The summed E-state index contributed by atoms with van der Waals surface area (Å²) in [6.07, 6.45) is 0.365.